The van der Waals surface area contributed by atoms with Gasteiger partial charge in [-0.15, -0.1) is 0 Å². The van der Waals surface area contributed by atoms with Gasteiger partial charge in [0.1, 0.15) is 11.9 Å². The highest BCUT2D eigenvalue weighted by Crippen LogP contribution is 2.30. The molecule has 0 bridgehead atoms. The molecule has 0 fully saturated rings. The largest absolute Gasteiger partial charge is 0.347 e. The second-order valence-electron chi connectivity index (χ2n) is 5.29. The first-order chi connectivity index (χ1) is 10.3. The van der Waals surface area contributed by atoms with E-state index >= 15 is 0 Å². The van der Waals surface area contributed by atoms with Gasteiger partial charge in [0.2, 0.25) is 0 Å². The molecule has 3 nitrogen and oxygen atoms in total. The van der Waals surface area contributed by atoms with E-state index in [2.05, 4.69) is 35.2 Å². The molecule has 0 saturated carbocycles. The van der Waals surface area contributed by atoms with E-state index in [4.69, 9.17) is 4.98 Å². The zero-order valence-electron chi connectivity index (χ0n) is 11.5. The summed E-state index contributed by atoms with van der Waals surface area (Å²) >= 11 is 0. The van der Waals surface area contributed by atoms with Crippen LogP contribution in [0.25, 0.3) is 10.9 Å². The van der Waals surface area contributed by atoms with E-state index in [9.17, 15) is 5.26 Å². The smallest absolute Gasteiger partial charge is 0.147 e. The van der Waals surface area contributed by atoms with Crippen molar-refractivity contribution in [2.75, 3.05) is 4.90 Å². The Hall–Kier alpha value is -2.86. The molecule has 2 heterocycles. The molecule has 21 heavy (non-hydrogen) atoms. The third-order valence-corrected chi connectivity index (χ3v) is 3.96. The molecular formula is C18H13N3. The molecule has 1 aromatic heterocycles. The summed E-state index contributed by atoms with van der Waals surface area (Å²) in [7, 11) is 0. The lowest BCUT2D eigenvalue weighted by Gasteiger charge is -2.18. The fourth-order valence-electron chi connectivity index (χ4n) is 2.91. The summed E-state index contributed by atoms with van der Waals surface area (Å²) < 4.78 is 0. The van der Waals surface area contributed by atoms with Gasteiger partial charge < -0.3 is 4.90 Å². The SMILES string of the molecule is N#Cc1cc2ccccc2nc1N1Cc2ccccc2C1. The molecule has 0 radical (unpaired) electrons. The maximum atomic E-state index is 9.44. The summed E-state index contributed by atoms with van der Waals surface area (Å²) in [5, 5.41) is 10.4. The molecule has 3 aromatic rings. The predicted octanol–water partition coefficient (Wildman–Crippen LogP) is 3.63. The van der Waals surface area contributed by atoms with E-state index in [1.807, 2.05) is 30.3 Å². The minimum Gasteiger partial charge on any atom is -0.347 e. The lowest BCUT2D eigenvalue weighted by atomic mass is 10.1. The Morgan fingerprint density at radius 1 is 0.952 bits per heavy atom. The topological polar surface area (TPSA) is 39.9 Å². The lowest BCUT2D eigenvalue weighted by molar-refractivity contribution is 0.858. The van der Waals surface area contributed by atoms with Crippen molar-refractivity contribution in [1.82, 2.24) is 4.98 Å². The maximum absolute atomic E-state index is 9.44. The van der Waals surface area contributed by atoms with Gasteiger partial charge in [-0.25, -0.2) is 4.98 Å². The Morgan fingerprint density at radius 2 is 1.62 bits per heavy atom. The molecule has 0 saturated heterocycles. The van der Waals surface area contributed by atoms with E-state index in [-0.39, 0.29) is 0 Å². The second kappa shape index (κ2) is 4.60. The van der Waals surface area contributed by atoms with Crippen molar-refractivity contribution in [1.29, 1.82) is 5.26 Å². The molecule has 2 aromatic carbocycles. The quantitative estimate of drug-likeness (QED) is 0.678. The van der Waals surface area contributed by atoms with Crippen molar-refractivity contribution in [2.45, 2.75) is 13.1 Å². The van der Waals surface area contributed by atoms with Gasteiger partial charge in [0.05, 0.1) is 11.1 Å². The van der Waals surface area contributed by atoms with E-state index in [1.165, 1.54) is 11.1 Å². The van der Waals surface area contributed by atoms with E-state index < -0.39 is 0 Å². The number of benzene rings is 2. The summed E-state index contributed by atoms with van der Waals surface area (Å²) in [6.45, 7) is 1.63. The zero-order valence-corrected chi connectivity index (χ0v) is 11.5. The van der Waals surface area contributed by atoms with Crippen molar-refractivity contribution in [3.63, 3.8) is 0 Å². The van der Waals surface area contributed by atoms with Crippen LogP contribution in [0.3, 0.4) is 0 Å². The highest BCUT2D eigenvalue weighted by molar-refractivity contribution is 5.83. The van der Waals surface area contributed by atoms with Gasteiger partial charge in [-0.05, 0) is 23.3 Å². The number of anilines is 1. The van der Waals surface area contributed by atoms with Crippen LogP contribution in [-0.4, -0.2) is 4.98 Å². The number of fused-ring (bicyclic) bond motifs is 2. The highest BCUT2D eigenvalue weighted by atomic mass is 15.2. The normalized spacial score (nSPS) is 13.2. The molecule has 0 spiro atoms. The van der Waals surface area contributed by atoms with Crippen LogP contribution < -0.4 is 4.90 Å². The Labute approximate surface area is 123 Å². The van der Waals surface area contributed by atoms with Gasteiger partial charge in [-0.3, -0.25) is 0 Å². The molecule has 3 heteroatoms. The molecule has 1 aliphatic rings. The molecule has 0 unspecified atom stereocenters. The number of aromatic nitrogens is 1. The van der Waals surface area contributed by atoms with Gasteiger partial charge in [0, 0.05) is 18.5 Å². The summed E-state index contributed by atoms with van der Waals surface area (Å²) in [5.74, 6) is 0.785. The monoisotopic (exact) mass is 271 g/mol. The van der Waals surface area contributed by atoms with Crippen LogP contribution in [0.4, 0.5) is 5.82 Å². The minimum atomic E-state index is 0.640. The van der Waals surface area contributed by atoms with Crippen molar-refractivity contribution >= 4 is 16.7 Å². The van der Waals surface area contributed by atoms with Crippen LogP contribution in [0.2, 0.25) is 0 Å². The molecule has 0 N–H and O–H groups in total. The van der Waals surface area contributed by atoms with Crippen LogP contribution in [-0.2, 0) is 13.1 Å². The van der Waals surface area contributed by atoms with Crippen LogP contribution in [0.5, 0.6) is 0 Å². The molecular weight excluding hydrogens is 258 g/mol. The van der Waals surface area contributed by atoms with Gasteiger partial charge >= 0.3 is 0 Å². The number of nitrogens with zero attached hydrogens (tertiary/aromatic N) is 3. The Bertz CT molecular complexity index is 852. The fraction of sp³-hybridized carbons (Fsp3) is 0.111. The van der Waals surface area contributed by atoms with E-state index in [0.29, 0.717) is 5.56 Å². The molecule has 1 aliphatic heterocycles. The van der Waals surface area contributed by atoms with Crippen molar-refractivity contribution < 1.29 is 0 Å². The van der Waals surface area contributed by atoms with E-state index in [1.54, 1.807) is 0 Å². The highest BCUT2D eigenvalue weighted by Gasteiger charge is 2.22. The lowest BCUT2D eigenvalue weighted by Crippen LogP contribution is -2.17. The van der Waals surface area contributed by atoms with Gasteiger partial charge in [0.25, 0.3) is 0 Å². The number of hydrogen-bond acceptors (Lipinski definition) is 3. The first-order valence-electron chi connectivity index (χ1n) is 6.97. The number of hydrogen-bond donors (Lipinski definition) is 0. The fourth-order valence-corrected chi connectivity index (χ4v) is 2.91. The number of pyridine rings is 1. The summed E-state index contributed by atoms with van der Waals surface area (Å²) in [6, 6.07) is 20.5. The second-order valence-corrected chi connectivity index (χ2v) is 5.29. The Balaban J connectivity index is 1.83. The first kappa shape index (κ1) is 11.9. The molecule has 0 amide bonds. The van der Waals surface area contributed by atoms with Gasteiger partial charge in [0.15, 0.2) is 0 Å². The van der Waals surface area contributed by atoms with Crippen molar-refractivity contribution in [3.8, 4) is 6.07 Å². The summed E-state index contributed by atoms with van der Waals surface area (Å²) in [6.07, 6.45) is 0. The molecule has 4 rings (SSSR count). The molecule has 100 valence electrons. The average Bonchev–Trinajstić information content (AvgIpc) is 2.97. The molecule has 0 aliphatic carbocycles. The van der Waals surface area contributed by atoms with Gasteiger partial charge in [-0.1, -0.05) is 42.5 Å². The van der Waals surface area contributed by atoms with Crippen LogP contribution in [0.1, 0.15) is 16.7 Å². The van der Waals surface area contributed by atoms with Gasteiger partial charge in [-0.2, -0.15) is 5.26 Å². The predicted molar refractivity (Wildman–Crippen MR) is 82.8 cm³/mol. The number of nitriles is 1. The standard InChI is InChI=1S/C18H13N3/c19-10-16-9-13-5-3-4-8-17(13)20-18(16)21-11-14-6-1-2-7-15(14)12-21/h1-9H,11-12H2. The molecule has 0 atom stereocenters. The Kier molecular flexibility index (Phi) is 2.61. The first-order valence-corrected chi connectivity index (χ1v) is 6.97. The minimum absolute atomic E-state index is 0.640. The van der Waals surface area contributed by atoms with E-state index in [0.717, 1.165) is 29.8 Å². The van der Waals surface area contributed by atoms with Crippen LogP contribution in [0.15, 0.2) is 54.6 Å². The summed E-state index contributed by atoms with van der Waals surface area (Å²) in [5.41, 5.74) is 4.21. The van der Waals surface area contributed by atoms with Crippen molar-refractivity contribution in [2.24, 2.45) is 0 Å². The zero-order chi connectivity index (χ0) is 14.2. The third-order valence-electron chi connectivity index (χ3n) is 3.96. The maximum Gasteiger partial charge on any atom is 0.147 e. The average molecular weight is 271 g/mol. The third kappa shape index (κ3) is 1.93. The number of para-hydroxylation sites is 1. The number of rotatable bonds is 1. The summed E-state index contributed by atoms with van der Waals surface area (Å²) in [4.78, 5) is 6.89. The Morgan fingerprint density at radius 3 is 2.33 bits per heavy atom. The van der Waals surface area contributed by atoms with Crippen molar-refractivity contribution in [3.05, 3.63) is 71.3 Å². The van der Waals surface area contributed by atoms with Crippen LogP contribution >= 0.6 is 0 Å². The van der Waals surface area contributed by atoms with Crippen LogP contribution in [0, 0.1) is 11.3 Å².